The number of Topliss-reactive ketones (excluding diaryl/α,β-unsaturated/α-hetero) is 1. The second-order valence-corrected chi connectivity index (χ2v) is 5.30. The van der Waals surface area contributed by atoms with Crippen LogP contribution in [-0.4, -0.2) is 16.9 Å². The van der Waals surface area contributed by atoms with Gasteiger partial charge in [-0.25, -0.2) is 0 Å². The minimum Gasteiger partial charge on any atom is -0.481 e. The number of aliphatic carboxylic acids is 1. The molecule has 86 valence electrons. The van der Waals surface area contributed by atoms with E-state index in [9.17, 15) is 9.59 Å². The lowest BCUT2D eigenvalue weighted by Gasteiger charge is -2.33. The third kappa shape index (κ3) is 4.02. The van der Waals surface area contributed by atoms with Crippen LogP contribution in [0.25, 0.3) is 0 Å². The molecule has 0 aliphatic heterocycles. The highest BCUT2D eigenvalue weighted by molar-refractivity contribution is 5.84. The molecular formula is C12H20O3. The maximum Gasteiger partial charge on any atom is 0.303 e. The van der Waals surface area contributed by atoms with Crippen molar-refractivity contribution in [2.75, 3.05) is 0 Å². The van der Waals surface area contributed by atoms with Crippen LogP contribution >= 0.6 is 0 Å². The summed E-state index contributed by atoms with van der Waals surface area (Å²) in [6, 6.07) is 0. The summed E-state index contributed by atoms with van der Waals surface area (Å²) in [4.78, 5) is 22.0. The molecular weight excluding hydrogens is 192 g/mol. The van der Waals surface area contributed by atoms with E-state index in [0.29, 0.717) is 5.41 Å². The summed E-state index contributed by atoms with van der Waals surface area (Å²) < 4.78 is 0. The number of carbonyl (C=O) groups is 2. The lowest BCUT2D eigenvalue weighted by Crippen LogP contribution is -2.26. The van der Waals surface area contributed by atoms with Crippen LogP contribution in [0.15, 0.2) is 0 Å². The molecule has 1 fully saturated rings. The van der Waals surface area contributed by atoms with Crippen LogP contribution in [0.5, 0.6) is 0 Å². The fourth-order valence-corrected chi connectivity index (χ4v) is 2.16. The Labute approximate surface area is 90.9 Å². The molecule has 0 amide bonds. The average Bonchev–Trinajstić information content (AvgIpc) is 2.14. The fourth-order valence-electron chi connectivity index (χ4n) is 2.16. The van der Waals surface area contributed by atoms with Crippen LogP contribution in [0.1, 0.15) is 52.4 Å². The van der Waals surface area contributed by atoms with Gasteiger partial charge in [0.2, 0.25) is 0 Å². The van der Waals surface area contributed by atoms with Crippen molar-refractivity contribution in [1.29, 1.82) is 0 Å². The zero-order chi connectivity index (χ0) is 11.5. The third-order valence-electron chi connectivity index (χ3n) is 3.38. The predicted molar refractivity (Wildman–Crippen MR) is 57.6 cm³/mol. The van der Waals surface area contributed by atoms with E-state index < -0.39 is 5.97 Å². The number of hydrogen-bond acceptors (Lipinski definition) is 2. The molecule has 0 aromatic carbocycles. The van der Waals surface area contributed by atoms with Gasteiger partial charge in [0.15, 0.2) is 0 Å². The zero-order valence-corrected chi connectivity index (χ0v) is 9.58. The maximum absolute atomic E-state index is 11.7. The van der Waals surface area contributed by atoms with Crippen LogP contribution < -0.4 is 0 Å². The SMILES string of the molecule is CC1(C)CCC(C(=O)CCC(=O)O)CC1. The molecule has 0 aromatic heterocycles. The van der Waals surface area contributed by atoms with Crippen LogP contribution in [0.2, 0.25) is 0 Å². The number of ketones is 1. The Kier molecular flexibility index (Phi) is 3.89. The average molecular weight is 212 g/mol. The van der Waals surface area contributed by atoms with E-state index in [4.69, 9.17) is 5.11 Å². The number of hydrogen-bond donors (Lipinski definition) is 1. The third-order valence-corrected chi connectivity index (χ3v) is 3.38. The summed E-state index contributed by atoms with van der Waals surface area (Å²) in [6.07, 6.45) is 4.23. The van der Waals surface area contributed by atoms with Crippen LogP contribution in [-0.2, 0) is 9.59 Å². The minimum absolute atomic E-state index is 0.0152. The molecule has 0 bridgehead atoms. The summed E-state index contributed by atoms with van der Waals surface area (Å²) in [6.45, 7) is 4.45. The first-order valence-corrected chi connectivity index (χ1v) is 5.65. The summed E-state index contributed by atoms with van der Waals surface area (Å²) in [7, 11) is 0. The van der Waals surface area contributed by atoms with Crippen LogP contribution in [0.3, 0.4) is 0 Å². The molecule has 0 heterocycles. The summed E-state index contributed by atoms with van der Waals surface area (Å²) in [5, 5.41) is 8.49. The highest BCUT2D eigenvalue weighted by Gasteiger charge is 2.30. The van der Waals surface area contributed by atoms with Crippen molar-refractivity contribution in [2.45, 2.75) is 52.4 Å². The first-order valence-electron chi connectivity index (χ1n) is 5.65. The molecule has 0 radical (unpaired) electrons. The Balaban J connectivity index is 2.33. The molecule has 0 spiro atoms. The molecule has 1 aliphatic carbocycles. The van der Waals surface area contributed by atoms with E-state index in [1.807, 2.05) is 0 Å². The highest BCUT2D eigenvalue weighted by Crippen LogP contribution is 2.38. The van der Waals surface area contributed by atoms with Gasteiger partial charge in [-0.3, -0.25) is 9.59 Å². The minimum atomic E-state index is -0.875. The van der Waals surface area contributed by atoms with E-state index in [1.54, 1.807) is 0 Å². The van der Waals surface area contributed by atoms with E-state index in [0.717, 1.165) is 25.7 Å². The number of rotatable bonds is 4. The Morgan fingerprint density at radius 3 is 2.20 bits per heavy atom. The Hall–Kier alpha value is -0.860. The molecule has 3 nitrogen and oxygen atoms in total. The largest absolute Gasteiger partial charge is 0.481 e. The quantitative estimate of drug-likeness (QED) is 0.779. The second-order valence-electron chi connectivity index (χ2n) is 5.30. The monoisotopic (exact) mass is 212 g/mol. The fraction of sp³-hybridized carbons (Fsp3) is 0.833. The summed E-state index contributed by atoms with van der Waals surface area (Å²) in [5.74, 6) is -0.607. The van der Waals surface area contributed by atoms with Gasteiger partial charge in [-0.05, 0) is 31.1 Å². The predicted octanol–water partition coefficient (Wildman–Crippen LogP) is 2.64. The molecule has 0 atom stereocenters. The number of carboxylic acid groups (broad SMARTS) is 1. The van der Waals surface area contributed by atoms with Crippen LogP contribution in [0, 0.1) is 11.3 Å². The molecule has 1 N–H and O–H groups in total. The van der Waals surface area contributed by atoms with Crippen molar-refractivity contribution in [3.8, 4) is 0 Å². The van der Waals surface area contributed by atoms with Gasteiger partial charge in [0.1, 0.15) is 5.78 Å². The van der Waals surface area contributed by atoms with Gasteiger partial charge in [0, 0.05) is 12.3 Å². The zero-order valence-electron chi connectivity index (χ0n) is 9.58. The van der Waals surface area contributed by atoms with Gasteiger partial charge in [0.25, 0.3) is 0 Å². The van der Waals surface area contributed by atoms with Crippen molar-refractivity contribution in [3.63, 3.8) is 0 Å². The van der Waals surface area contributed by atoms with Gasteiger partial charge in [-0.1, -0.05) is 13.8 Å². The molecule has 1 saturated carbocycles. The van der Waals surface area contributed by atoms with Gasteiger partial charge >= 0.3 is 5.97 Å². The first kappa shape index (κ1) is 12.2. The Bertz CT molecular complexity index is 246. The smallest absolute Gasteiger partial charge is 0.303 e. The highest BCUT2D eigenvalue weighted by atomic mass is 16.4. The molecule has 15 heavy (non-hydrogen) atoms. The lowest BCUT2D eigenvalue weighted by atomic mass is 9.71. The molecule has 0 aromatic rings. The molecule has 0 saturated heterocycles. The standard InChI is InChI=1S/C12H20O3/c1-12(2)7-5-9(6-8-12)10(13)3-4-11(14)15/h9H,3-8H2,1-2H3,(H,14,15). The van der Waals surface area contributed by atoms with Gasteiger partial charge < -0.3 is 5.11 Å². The first-order chi connectivity index (χ1) is 6.91. The van der Waals surface area contributed by atoms with Crippen molar-refractivity contribution in [3.05, 3.63) is 0 Å². The topological polar surface area (TPSA) is 54.4 Å². The number of carboxylic acids is 1. The van der Waals surface area contributed by atoms with Gasteiger partial charge in [-0.2, -0.15) is 0 Å². The van der Waals surface area contributed by atoms with E-state index in [2.05, 4.69) is 13.8 Å². The second kappa shape index (κ2) is 4.77. The van der Waals surface area contributed by atoms with E-state index in [-0.39, 0.29) is 24.5 Å². The molecule has 0 unspecified atom stereocenters. The molecule has 3 heteroatoms. The Morgan fingerprint density at radius 2 is 1.73 bits per heavy atom. The molecule has 1 rings (SSSR count). The normalized spacial score (nSPS) is 21.2. The van der Waals surface area contributed by atoms with E-state index >= 15 is 0 Å². The molecule has 1 aliphatic rings. The Morgan fingerprint density at radius 1 is 1.20 bits per heavy atom. The maximum atomic E-state index is 11.7. The van der Waals surface area contributed by atoms with Crippen molar-refractivity contribution < 1.29 is 14.7 Å². The number of carbonyl (C=O) groups excluding carboxylic acids is 1. The van der Waals surface area contributed by atoms with Crippen molar-refractivity contribution >= 4 is 11.8 Å². The van der Waals surface area contributed by atoms with Crippen molar-refractivity contribution in [1.82, 2.24) is 0 Å². The summed E-state index contributed by atoms with van der Waals surface area (Å²) >= 11 is 0. The summed E-state index contributed by atoms with van der Waals surface area (Å²) in [5.41, 5.74) is 0.365. The van der Waals surface area contributed by atoms with Gasteiger partial charge in [-0.15, -0.1) is 0 Å². The van der Waals surface area contributed by atoms with Crippen LogP contribution in [0.4, 0.5) is 0 Å². The van der Waals surface area contributed by atoms with E-state index in [1.165, 1.54) is 0 Å². The van der Waals surface area contributed by atoms with Crippen molar-refractivity contribution in [2.24, 2.45) is 11.3 Å². The van der Waals surface area contributed by atoms with Gasteiger partial charge in [0.05, 0.1) is 6.42 Å². The lowest BCUT2D eigenvalue weighted by molar-refractivity contribution is -0.139.